The standard InChI is InChI=1S/C17H17ClN4O3/c1-25-15-5-4-12(18)9-14(15)20-17(24)21-7-8-22(16(23)11-21)13-3-2-6-19-10-13/h2-6,9-10H,7-8,11H2,1H3,(H,20,24). The zero-order valence-corrected chi connectivity index (χ0v) is 14.4. The number of piperazine rings is 1. The predicted molar refractivity (Wildman–Crippen MR) is 95.2 cm³/mol. The molecule has 2 aromatic rings. The van der Waals surface area contributed by atoms with E-state index in [1.54, 1.807) is 41.6 Å². The molecule has 0 aliphatic carbocycles. The molecule has 1 N–H and O–H groups in total. The van der Waals surface area contributed by atoms with Crippen LogP contribution in [-0.4, -0.2) is 48.6 Å². The first-order valence-electron chi connectivity index (χ1n) is 7.68. The molecule has 25 heavy (non-hydrogen) atoms. The highest BCUT2D eigenvalue weighted by Crippen LogP contribution is 2.28. The number of anilines is 2. The quantitative estimate of drug-likeness (QED) is 0.913. The SMILES string of the molecule is COc1ccc(Cl)cc1NC(=O)N1CCN(c2cccnc2)C(=O)C1. The highest BCUT2D eigenvalue weighted by atomic mass is 35.5. The Kier molecular flexibility index (Phi) is 5.04. The van der Waals surface area contributed by atoms with E-state index < -0.39 is 0 Å². The predicted octanol–water partition coefficient (Wildman–Crippen LogP) is 2.62. The molecule has 1 aromatic carbocycles. The smallest absolute Gasteiger partial charge is 0.322 e. The summed E-state index contributed by atoms with van der Waals surface area (Å²) in [5, 5.41) is 3.22. The highest BCUT2D eigenvalue weighted by Gasteiger charge is 2.28. The Morgan fingerprint density at radius 2 is 2.16 bits per heavy atom. The number of nitrogens with zero attached hydrogens (tertiary/aromatic N) is 3. The molecule has 1 saturated heterocycles. The molecule has 1 aliphatic heterocycles. The third kappa shape index (κ3) is 3.83. The number of nitrogens with one attached hydrogen (secondary N) is 1. The number of hydrogen-bond donors (Lipinski definition) is 1. The van der Waals surface area contributed by atoms with Crippen LogP contribution >= 0.6 is 11.6 Å². The van der Waals surface area contributed by atoms with Crippen molar-refractivity contribution in [2.45, 2.75) is 0 Å². The second-order valence-electron chi connectivity index (χ2n) is 5.45. The van der Waals surface area contributed by atoms with Crippen molar-refractivity contribution in [3.8, 4) is 5.75 Å². The molecule has 130 valence electrons. The number of ether oxygens (including phenoxy) is 1. The maximum atomic E-state index is 12.5. The van der Waals surface area contributed by atoms with Gasteiger partial charge in [-0.2, -0.15) is 0 Å². The molecule has 2 heterocycles. The Bertz CT molecular complexity index is 785. The number of carbonyl (C=O) groups excluding carboxylic acids is 2. The second-order valence-corrected chi connectivity index (χ2v) is 5.89. The molecular weight excluding hydrogens is 344 g/mol. The van der Waals surface area contributed by atoms with E-state index in [4.69, 9.17) is 16.3 Å². The van der Waals surface area contributed by atoms with Gasteiger partial charge in [0.15, 0.2) is 0 Å². The fourth-order valence-electron chi connectivity index (χ4n) is 2.61. The molecule has 3 rings (SSSR count). The van der Waals surface area contributed by atoms with Gasteiger partial charge < -0.3 is 19.9 Å². The number of benzene rings is 1. The Hall–Kier alpha value is -2.80. The normalized spacial score (nSPS) is 14.4. The number of halogens is 1. The summed E-state index contributed by atoms with van der Waals surface area (Å²) in [6.07, 6.45) is 3.28. The van der Waals surface area contributed by atoms with Crippen molar-refractivity contribution in [3.63, 3.8) is 0 Å². The van der Waals surface area contributed by atoms with Gasteiger partial charge in [-0.15, -0.1) is 0 Å². The molecule has 7 nitrogen and oxygen atoms in total. The van der Waals surface area contributed by atoms with Crippen LogP contribution in [0.25, 0.3) is 0 Å². The molecule has 0 atom stereocenters. The largest absolute Gasteiger partial charge is 0.495 e. The molecule has 0 saturated carbocycles. The number of rotatable bonds is 3. The van der Waals surface area contributed by atoms with Crippen LogP contribution in [0.15, 0.2) is 42.7 Å². The lowest BCUT2D eigenvalue weighted by atomic mass is 10.2. The van der Waals surface area contributed by atoms with Crippen LogP contribution in [0.3, 0.4) is 0 Å². The summed E-state index contributed by atoms with van der Waals surface area (Å²) in [7, 11) is 1.51. The first-order chi connectivity index (χ1) is 12.1. The van der Waals surface area contributed by atoms with Gasteiger partial charge >= 0.3 is 6.03 Å². The van der Waals surface area contributed by atoms with Crippen LogP contribution in [0, 0.1) is 0 Å². The minimum atomic E-state index is -0.375. The average molecular weight is 361 g/mol. The van der Waals surface area contributed by atoms with Gasteiger partial charge in [-0.25, -0.2) is 4.79 Å². The van der Waals surface area contributed by atoms with Gasteiger partial charge in [0.1, 0.15) is 12.3 Å². The van der Waals surface area contributed by atoms with Crippen LogP contribution in [0.5, 0.6) is 5.75 Å². The maximum absolute atomic E-state index is 12.5. The van der Waals surface area contributed by atoms with Crippen molar-refractivity contribution < 1.29 is 14.3 Å². The van der Waals surface area contributed by atoms with Crippen LogP contribution in [0.2, 0.25) is 5.02 Å². The van der Waals surface area contributed by atoms with Gasteiger partial charge in [-0.1, -0.05) is 11.6 Å². The summed E-state index contributed by atoms with van der Waals surface area (Å²) in [4.78, 5) is 31.9. The Labute approximate surface area is 150 Å². The van der Waals surface area contributed by atoms with Gasteiger partial charge in [-0.3, -0.25) is 9.78 Å². The number of urea groups is 1. The van der Waals surface area contributed by atoms with E-state index in [9.17, 15) is 9.59 Å². The zero-order valence-electron chi connectivity index (χ0n) is 13.6. The summed E-state index contributed by atoms with van der Waals surface area (Å²) in [5.74, 6) is 0.338. The Morgan fingerprint density at radius 1 is 1.32 bits per heavy atom. The summed E-state index contributed by atoms with van der Waals surface area (Å²) in [6.45, 7) is 0.809. The van der Waals surface area contributed by atoms with Crippen LogP contribution in [0.4, 0.5) is 16.2 Å². The monoisotopic (exact) mass is 360 g/mol. The van der Waals surface area contributed by atoms with Crippen LogP contribution in [0.1, 0.15) is 0 Å². The lowest BCUT2D eigenvalue weighted by molar-refractivity contribution is -0.120. The Balaban J connectivity index is 1.67. The third-order valence-corrected chi connectivity index (χ3v) is 4.10. The van der Waals surface area contributed by atoms with Gasteiger partial charge in [0.2, 0.25) is 5.91 Å². The van der Waals surface area contributed by atoms with Crippen LogP contribution < -0.4 is 15.0 Å². The summed E-state index contributed by atoms with van der Waals surface area (Å²) >= 11 is 5.97. The van der Waals surface area contributed by atoms with Crippen molar-refractivity contribution in [1.82, 2.24) is 9.88 Å². The topological polar surface area (TPSA) is 74.8 Å². The van der Waals surface area contributed by atoms with E-state index in [0.29, 0.717) is 29.5 Å². The number of methoxy groups -OCH3 is 1. The van der Waals surface area contributed by atoms with Gasteiger partial charge in [0, 0.05) is 24.3 Å². The molecule has 0 bridgehead atoms. The Morgan fingerprint density at radius 3 is 2.84 bits per heavy atom. The number of amides is 3. The molecule has 1 aliphatic rings. The number of carbonyl (C=O) groups is 2. The molecule has 8 heteroatoms. The van der Waals surface area contributed by atoms with Crippen LogP contribution in [-0.2, 0) is 4.79 Å². The van der Waals surface area contributed by atoms with E-state index in [0.717, 1.165) is 5.69 Å². The molecule has 1 aromatic heterocycles. The van der Waals surface area contributed by atoms with Crippen molar-refractivity contribution in [2.75, 3.05) is 37.0 Å². The van der Waals surface area contributed by atoms with Gasteiger partial charge in [0.25, 0.3) is 0 Å². The first kappa shape index (κ1) is 17.0. The summed E-state index contributed by atoms with van der Waals surface area (Å²) in [5.41, 5.74) is 1.19. The number of aromatic nitrogens is 1. The molecule has 3 amide bonds. The molecule has 0 spiro atoms. The third-order valence-electron chi connectivity index (χ3n) is 3.87. The second kappa shape index (κ2) is 7.40. The maximum Gasteiger partial charge on any atom is 0.322 e. The van der Waals surface area contributed by atoms with Crippen molar-refractivity contribution in [2.24, 2.45) is 0 Å². The van der Waals surface area contributed by atoms with Gasteiger partial charge in [-0.05, 0) is 30.3 Å². The number of hydrogen-bond acceptors (Lipinski definition) is 4. The van der Waals surface area contributed by atoms with Crippen molar-refractivity contribution in [3.05, 3.63) is 47.7 Å². The van der Waals surface area contributed by atoms with Crippen molar-refractivity contribution in [1.29, 1.82) is 0 Å². The average Bonchev–Trinajstić information content (AvgIpc) is 2.62. The number of pyridine rings is 1. The molecule has 0 radical (unpaired) electrons. The zero-order chi connectivity index (χ0) is 17.8. The van der Waals surface area contributed by atoms with E-state index >= 15 is 0 Å². The summed E-state index contributed by atoms with van der Waals surface area (Å²) < 4.78 is 5.21. The van der Waals surface area contributed by atoms with E-state index in [1.807, 2.05) is 6.07 Å². The molecule has 1 fully saturated rings. The molecular formula is C17H17ClN4O3. The molecule has 0 unspecified atom stereocenters. The minimum absolute atomic E-state index is 0.0103. The van der Waals surface area contributed by atoms with E-state index in [-0.39, 0.29) is 18.5 Å². The fraction of sp³-hybridized carbons (Fsp3) is 0.235. The highest BCUT2D eigenvalue weighted by molar-refractivity contribution is 6.31. The lowest BCUT2D eigenvalue weighted by Gasteiger charge is -2.34. The van der Waals surface area contributed by atoms with E-state index in [1.165, 1.54) is 12.0 Å². The fourth-order valence-corrected chi connectivity index (χ4v) is 2.78. The van der Waals surface area contributed by atoms with Gasteiger partial charge in [0.05, 0.1) is 24.7 Å². The van der Waals surface area contributed by atoms with E-state index in [2.05, 4.69) is 10.3 Å². The minimum Gasteiger partial charge on any atom is -0.495 e. The summed E-state index contributed by atoms with van der Waals surface area (Å²) in [6, 6.07) is 8.16. The van der Waals surface area contributed by atoms with Crippen molar-refractivity contribution >= 4 is 34.9 Å². The first-order valence-corrected chi connectivity index (χ1v) is 8.06. The lowest BCUT2D eigenvalue weighted by Crippen LogP contribution is -2.53.